The molecule has 6 nitrogen and oxygen atoms in total. The summed E-state index contributed by atoms with van der Waals surface area (Å²) in [7, 11) is 0. The molecule has 0 aliphatic heterocycles. The molecule has 0 saturated carbocycles. The van der Waals surface area contributed by atoms with Crippen molar-refractivity contribution in [3.8, 4) is 45.3 Å². The third-order valence-corrected chi connectivity index (χ3v) is 10.2. The average molecular weight is 680 g/mol. The lowest BCUT2D eigenvalue weighted by molar-refractivity contribution is 0.484. The van der Waals surface area contributed by atoms with E-state index in [9.17, 15) is 0 Å². The largest absolute Gasteiger partial charge is 0.457 e. The molecule has 0 radical (unpaired) electrons. The fraction of sp³-hybridized carbons (Fsp3) is 0. The molecule has 0 bridgehead atoms. The van der Waals surface area contributed by atoms with Crippen molar-refractivity contribution in [1.82, 2.24) is 23.8 Å². The molecule has 248 valence electrons. The van der Waals surface area contributed by atoms with Gasteiger partial charge in [0.05, 0.1) is 33.6 Å². The van der Waals surface area contributed by atoms with E-state index in [4.69, 9.17) is 19.7 Å². The second-order valence-corrected chi connectivity index (χ2v) is 13.3. The van der Waals surface area contributed by atoms with E-state index < -0.39 is 0 Å². The fourth-order valence-electron chi connectivity index (χ4n) is 7.81. The summed E-state index contributed by atoms with van der Waals surface area (Å²) in [4.78, 5) is 15.5. The Bertz CT molecular complexity index is 3190. The van der Waals surface area contributed by atoms with Crippen molar-refractivity contribution >= 4 is 54.8 Å². The number of aromatic nitrogens is 5. The summed E-state index contributed by atoms with van der Waals surface area (Å²) in [5.41, 5.74) is 10.8. The highest BCUT2D eigenvalue weighted by Gasteiger charge is 2.22. The van der Waals surface area contributed by atoms with Crippen molar-refractivity contribution in [3.63, 3.8) is 0 Å². The van der Waals surface area contributed by atoms with Crippen molar-refractivity contribution in [2.75, 3.05) is 0 Å². The molecule has 0 saturated heterocycles. The van der Waals surface area contributed by atoms with Crippen molar-refractivity contribution in [2.45, 2.75) is 0 Å². The van der Waals surface area contributed by atoms with Gasteiger partial charge in [-0.15, -0.1) is 0 Å². The van der Waals surface area contributed by atoms with E-state index in [1.54, 1.807) is 0 Å². The van der Waals surface area contributed by atoms with Gasteiger partial charge < -0.3 is 4.74 Å². The number of para-hydroxylation sites is 1. The summed E-state index contributed by atoms with van der Waals surface area (Å²) in [6.45, 7) is 0. The van der Waals surface area contributed by atoms with Gasteiger partial charge in [-0.3, -0.25) is 13.8 Å². The maximum atomic E-state index is 6.72. The standard InChI is InChI=1S/C47H29N5O/c1-4-13-30(14-5-1)40-29-51-41-20-11-10-19-36(41)35-24-22-33(27-38(35)46(51)49-40)53-34-23-25-37-39(28-34)47-50-43(31-15-6-2-7-16-31)45(32-17-8-3-9-18-32)52(47)42-21-12-26-48-44(37)42/h1-29H. The number of fused-ring (bicyclic) bond motifs is 12. The summed E-state index contributed by atoms with van der Waals surface area (Å²) in [6, 6.07) is 56.3. The zero-order valence-electron chi connectivity index (χ0n) is 28.4. The first-order valence-corrected chi connectivity index (χ1v) is 17.7. The lowest BCUT2D eigenvalue weighted by Crippen LogP contribution is -1.96. The van der Waals surface area contributed by atoms with E-state index in [1.165, 1.54) is 0 Å². The zero-order chi connectivity index (χ0) is 34.9. The molecule has 11 rings (SSSR count). The molecule has 0 aliphatic rings. The van der Waals surface area contributed by atoms with Gasteiger partial charge in [0.1, 0.15) is 22.8 Å². The van der Waals surface area contributed by atoms with Gasteiger partial charge in [0.2, 0.25) is 0 Å². The second kappa shape index (κ2) is 11.6. The molecule has 0 atom stereocenters. The highest BCUT2D eigenvalue weighted by atomic mass is 16.5. The minimum atomic E-state index is 0.713. The molecule has 5 aromatic heterocycles. The Morgan fingerprint density at radius 1 is 0.453 bits per heavy atom. The number of pyridine rings is 3. The molecule has 5 heterocycles. The van der Waals surface area contributed by atoms with Gasteiger partial charge in [-0.05, 0) is 60.0 Å². The minimum absolute atomic E-state index is 0.713. The molecule has 0 fully saturated rings. The van der Waals surface area contributed by atoms with Gasteiger partial charge >= 0.3 is 0 Å². The van der Waals surface area contributed by atoms with Crippen LogP contribution in [-0.2, 0) is 0 Å². The van der Waals surface area contributed by atoms with E-state index >= 15 is 0 Å². The normalized spacial score (nSPS) is 11.8. The Balaban J connectivity index is 1.12. The number of imidazole rings is 2. The quantitative estimate of drug-likeness (QED) is 0.170. The highest BCUT2D eigenvalue weighted by Crippen LogP contribution is 2.40. The molecule has 11 aromatic rings. The summed E-state index contributed by atoms with van der Waals surface area (Å²) in [6.07, 6.45) is 3.98. The van der Waals surface area contributed by atoms with E-state index in [-0.39, 0.29) is 0 Å². The third-order valence-electron chi connectivity index (χ3n) is 10.2. The average Bonchev–Trinajstić information content (AvgIpc) is 3.87. The first-order valence-electron chi connectivity index (χ1n) is 17.7. The predicted molar refractivity (Wildman–Crippen MR) is 215 cm³/mol. The molecular formula is C47H29N5O. The SMILES string of the molecule is c1ccc(-c2cn3c4ccccc4c4ccc(Oc5ccc6c(c5)c5nc(-c7ccccc7)c(-c7ccccc7)n5c5cccnc65)cc4c3n2)cc1. The van der Waals surface area contributed by atoms with Gasteiger partial charge in [0.25, 0.3) is 0 Å². The predicted octanol–water partition coefficient (Wildman–Crippen LogP) is 11.8. The van der Waals surface area contributed by atoms with Gasteiger partial charge in [0.15, 0.2) is 0 Å². The molecule has 6 heteroatoms. The van der Waals surface area contributed by atoms with Crippen LogP contribution in [0.3, 0.4) is 0 Å². The van der Waals surface area contributed by atoms with Crippen LogP contribution in [0, 0.1) is 0 Å². The van der Waals surface area contributed by atoms with Crippen LogP contribution >= 0.6 is 0 Å². The Morgan fingerprint density at radius 2 is 1.08 bits per heavy atom. The summed E-state index contributed by atoms with van der Waals surface area (Å²) >= 11 is 0. The van der Waals surface area contributed by atoms with E-state index in [0.29, 0.717) is 5.75 Å². The lowest BCUT2D eigenvalue weighted by atomic mass is 10.0. The Labute approximate surface area is 303 Å². The smallest absolute Gasteiger partial charge is 0.146 e. The van der Waals surface area contributed by atoms with Crippen LogP contribution in [0.25, 0.3) is 88.5 Å². The van der Waals surface area contributed by atoms with Crippen LogP contribution in [0.5, 0.6) is 11.5 Å². The maximum absolute atomic E-state index is 6.72. The molecular weight excluding hydrogens is 651 g/mol. The zero-order valence-corrected chi connectivity index (χ0v) is 28.4. The van der Waals surface area contributed by atoms with Gasteiger partial charge in [-0.25, -0.2) is 9.97 Å². The van der Waals surface area contributed by atoms with Crippen LogP contribution in [-0.4, -0.2) is 23.8 Å². The number of ether oxygens (including phenoxy) is 1. The van der Waals surface area contributed by atoms with E-state index in [2.05, 4.69) is 130 Å². The first kappa shape index (κ1) is 29.4. The van der Waals surface area contributed by atoms with Crippen LogP contribution in [0.15, 0.2) is 176 Å². The fourth-order valence-corrected chi connectivity index (χ4v) is 7.81. The number of hydrogen-bond acceptors (Lipinski definition) is 4. The Kier molecular flexibility index (Phi) is 6.45. The molecule has 6 aromatic carbocycles. The molecule has 53 heavy (non-hydrogen) atoms. The minimum Gasteiger partial charge on any atom is -0.457 e. The van der Waals surface area contributed by atoms with Crippen LogP contribution < -0.4 is 4.74 Å². The van der Waals surface area contributed by atoms with Crippen molar-refractivity contribution in [2.24, 2.45) is 0 Å². The Morgan fingerprint density at radius 3 is 1.83 bits per heavy atom. The second-order valence-electron chi connectivity index (χ2n) is 13.3. The maximum Gasteiger partial charge on any atom is 0.146 e. The number of rotatable bonds is 5. The molecule has 0 amide bonds. The molecule has 0 unspecified atom stereocenters. The van der Waals surface area contributed by atoms with Gasteiger partial charge in [-0.2, -0.15) is 0 Å². The number of hydrogen-bond donors (Lipinski definition) is 0. The van der Waals surface area contributed by atoms with E-state index in [1.807, 2.05) is 54.7 Å². The first-order chi connectivity index (χ1) is 26.3. The lowest BCUT2D eigenvalue weighted by Gasteiger charge is -2.13. The van der Waals surface area contributed by atoms with Crippen LogP contribution in [0.1, 0.15) is 0 Å². The van der Waals surface area contributed by atoms with Crippen molar-refractivity contribution in [1.29, 1.82) is 0 Å². The number of benzene rings is 6. The van der Waals surface area contributed by atoms with Crippen LogP contribution in [0.4, 0.5) is 0 Å². The van der Waals surface area contributed by atoms with Crippen molar-refractivity contribution < 1.29 is 4.74 Å². The molecule has 0 aliphatic carbocycles. The molecule has 0 spiro atoms. The monoisotopic (exact) mass is 679 g/mol. The Hall–Kier alpha value is -7.31. The summed E-state index contributed by atoms with van der Waals surface area (Å²) < 4.78 is 11.2. The van der Waals surface area contributed by atoms with Gasteiger partial charge in [0, 0.05) is 50.6 Å². The summed E-state index contributed by atoms with van der Waals surface area (Å²) in [5.74, 6) is 1.44. The highest BCUT2D eigenvalue weighted by molar-refractivity contribution is 6.13. The number of nitrogens with zero attached hydrogens (tertiary/aromatic N) is 5. The third kappa shape index (κ3) is 4.63. The van der Waals surface area contributed by atoms with Crippen molar-refractivity contribution in [3.05, 3.63) is 176 Å². The molecule has 0 N–H and O–H groups in total. The summed E-state index contributed by atoms with van der Waals surface area (Å²) in [5, 5.41) is 5.29. The topological polar surface area (TPSA) is 56.7 Å². The van der Waals surface area contributed by atoms with E-state index in [0.717, 1.165) is 94.3 Å². The van der Waals surface area contributed by atoms with Gasteiger partial charge in [-0.1, -0.05) is 109 Å². The van der Waals surface area contributed by atoms with Crippen LogP contribution in [0.2, 0.25) is 0 Å².